The fourth-order valence-corrected chi connectivity index (χ4v) is 4.40. The van der Waals surface area contributed by atoms with Crippen LogP contribution in [0, 0.1) is 17.5 Å². The van der Waals surface area contributed by atoms with Crippen molar-refractivity contribution in [2.45, 2.75) is 33.9 Å². The third-order valence-corrected chi connectivity index (χ3v) is 6.46. The highest BCUT2D eigenvalue weighted by Gasteiger charge is 2.31. The highest BCUT2D eigenvalue weighted by Crippen LogP contribution is 2.39. The molecule has 3 aromatic carbocycles. The van der Waals surface area contributed by atoms with Gasteiger partial charge in [0.2, 0.25) is 0 Å². The summed E-state index contributed by atoms with van der Waals surface area (Å²) in [7, 11) is 3.26. The first-order chi connectivity index (χ1) is 20.6. The van der Waals surface area contributed by atoms with Crippen molar-refractivity contribution in [3.63, 3.8) is 0 Å². The number of aldehydes is 1. The number of hydrogen-bond donors (Lipinski definition) is 1. The number of hydrogen-bond acceptors (Lipinski definition) is 6. The van der Waals surface area contributed by atoms with E-state index in [4.69, 9.17) is 4.74 Å². The van der Waals surface area contributed by atoms with Gasteiger partial charge in [-0.25, -0.2) is 13.2 Å². The van der Waals surface area contributed by atoms with Crippen LogP contribution in [0.4, 0.5) is 18.9 Å². The number of Topliss-reactive ketones (excluding diaryl/α,β-unsaturated/α-hetero) is 1. The minimum atomic E-state index is -0.527. The summed E-state index contributed by atoms with van der Waals surface area (Å²) in [5.74, 6) is -1.34. The quantitative estimate of drug-likeness (QED) is 0.203. The number of halogens is 3. The Labute approximate surface area is 248 Å². The summed E-state index contributed by atoms with van der Waals surface area (Å²) in [6.45, 7) is 5.23. The Kier molecular flexibility index (Phi) is 11.2. The maximum Gasteiger partial charge on any atom is 0.275 e. The van der Waals surface area contributed by atoms with Crippen LogP contribution in [0.2, 0.25) is 0 Å². The lowest BCUT2D eigenvalue weighted by molar-refractivity contribution is -0.108. The van der Waals surface area contributed by atoms with Crippen molar-refractivity contribution in [1.82, 2.24) is 14.7 Å². The van der Waals surface area contributed by atoms with Crippen LogP contribution in [-0.4, -0.2) is 46.2 Å². The summed E-state index contributed by atoms with van der Waals surface area (Å²) >= 11 is 0. The summed E-state index contributed by atoms with van der Waals surface area (Å²) in [6, 6.07) is 14.4. The SMILES string of the molecule is CC.CNc1cc(C(C)=O)ccc1F.Cn1nc(C(=O)N(CC=O)Cc2ccccc2F)c2c1-c1cc(F)ccc1OC2. The highest BCUT2D eigenvalue weighted by atomic mass is 19.1. The molecular weight excluding hydrogens is 561 g/mol. The number of anilines is 1. The average molecular weight is 595 g/mol. The summed E-state index contributed by atoms with van der Waals surface area (Å²) in [4.78, 5) is 36.4. The van der Waals surface area contributed by atoms with Gasteiger partial charge >= 0.3 is 0 Å². The second-order valence-corrected chi connectivity index (χ2v) is 9.17. The normalized spacial score (nSPS) is 10.9. The number of aryl methyl sites for hydroxylation is 1. The molecule has 0 saturated carbocycles. The van der Waals surface area contributed by atoms with Crippen molar-refractivity contribution >= 4 is 23.7 Å². The minimum Gasteiger partial charge on any atom is -0.488 e. The van der Waals surface area contributed by atoms with Crippen molar-refractivity contribution in [3.05, 3.63) is 100 Å². The average Bonchev–Trinajstić information content (AvgIpc) is 3.35. The molecule has 1 aliphatic heterocycles. The molecule has 2 heterocycles. The zero-order valence-electron chi connectivity index (χ0n) is 24.6. The third kappa shape index (κ3) is 7.48. The molecule has 43 heavy (non-hydrogen) atoms. The van der Waals surface area contributed by atoms with Crippen molar-refractivity contribution in [2.75, 3.05) is 18.9 Å². The first-order valence-electron chi connectivity index (χ1n) is 13.6. The molecule has 4 aromatic rings. The largest absolute Gasteiger partial charge is 0.488 e. The van der Waals surface area contributed by atoms with Crippen LogP contribution in [-0.2, 0) is 25.0 Å². The Bertz CT molecular complexity index is 1620. The van der Waals surface area contributed by atoms with E-state index in [0.29, 0.717) is 40.1 Å². The van der Waals surface area contributed by atoms with E-state index in [2.05, 4.69) is 10.4 Å². The number of ketones is 1. The van der Waals surface area contributed by atoms with Crippen molar-refractivity contribution in [1.29, 1.82) is 0 Å². The number of rotatable bonds is 7. The van der Waals surface area contributed by atoms with Crippen LogP contribution in [0.3, 0.4) is 0 Å². The second kappa shape index (κ2) is 14.8. The number of ether oxygens (including phenoxy) is 1. The zero-order chi connectivity index (χ0) is 31.7. The molecule has 5 rings (SSSR count). The van der Waals surface area contributed by atoms with Gasteiger partial charge in [0.25, 0.3) is 5.91 Å². The number of benzene rings is 3. The Morgan fingerprint density at radius 2 is 1.77 bits per heavy atom. The second-order valence-electron chi connectivity index (χ2n) is 9.17. The molecule has 1 amide bonds. The first-order valence-corrected chi connectivity index (χ1v) is 13.6. The predicted molar refractivity (Wildman–Crippen MR) is 157 cm³/mol. The van der Waals surface area contributed by atoms with E-state index >= 15 is 0 Å². The molecule has 0 radical (unpaired) electrons. The minimum absolute atomic E-state index is 0.0634. The maximum absolute atomic E-state index is 14.0. The van der Waals surface area contributed by atoms with E-state index in [1.165, 1.54) is 59.0 Å². The van der Waals surface area contributed by atoms with Crippen LogP contribution in [0.25, 0.3) is 11.3 Å². The lowest BCUT2D eigenvalue weighted by Crippen LogP contribution is -2.33. The van der Waals surface area contributed by atoms with Crippen molar-refractivity contribution < 1.29 is 32.3 Å². The number of carbonyl (C=O) groups excluding carboxylic acids is 3. The lowest BCUT2D eigenvalue weighted by atomic mass is 10.0. The van der Waals surface area contributed by atoms with E-state index in [9.17, 15) is 27.6 Å². The Balaban J connectivity index is 0.000000303. The van der Waals surface area contributed by atoms with Gasteiger partial charge in [-0.2, -0.15) is 5.10 Å². The van der Waals surface area contributed by atoms with Gasteiger partial charge in [0.15, 0.2) is 11.5 Å². The first kappa shape index (κ1) is 32.6. The monoisotopic (exact) mass is 594 g/mol. The van der Waals surface area contributed by atoms with Gasteiger partial charge in [-0.3, -0.25) is 14.3 Å². The molecule has 8 nitrogen and oxygen atoms in total. The van der Waals surface area contributed by atoms with Crippen molar-refractivity contribution in [2.24, 2.45) is 7.05 Å². The number of fused-ring (bicyclic) bond motifs is 3. The van der Waals surface area contributed by atoms with Crippen LogP contribution in [0.5, 0.6) is 5.75 Å². The molecule has 1 N–H and O–H groups in total. The van der Waals surface area contributed by atoms with Gasteiger partial charge in [-0.15, -0.1) is 0 Å². The van der Waals surface area contributed by atoms with Gasteiger partial charge in [-0.1, -0.05) is 32.0 Å². The molecule has 1 aromatic heterocycles. The molecule has 0 fully saturated rings. The van der Waals surface area contributed by atoms with E-state index < -0.39 is 17.5 Å². The third-order valence-electron chi connectivity index (χ3n) is 6.46. The Morgan fingerprint density at radius 1 is 1.05 bits per heavy atom. The highest BCUT2D eigenvalue weighted by molar-refractivity contribution is 5.97. The van der Waals surface area contributed by atoms with E-state index in [1.54, 1.807) is 32.3 Å². The molecule has 0 atom stereocenters. The lowest BCUT2D eigenvalue weighted by Gasteiger charge is -2.22. The smallest absolute Gasteiger partial charge is 0.275 e. The molecule has 1 aliphatic rings. The van der Waals surface area contributed by atoms with Gasteiger partial charge in [0.1, 0.15) is 36.1 Å². The predicted octanol–water partition coefficient (Wildman–Crippen LogP) is 6.20. The number of carbonyl (C=O) groups is 3. The summed E-state index contributed by atoms with van der Waals surface area (Å²) in [5, 5.41) is 6.96. The standard InChI is InChI=1S/C21H17F2N3O3.C9H10FNO.C2H6/c1-25-20-15-10-14(22)6-7-18(15)29-12-16(20)19(24-25)21(28)26(8-9-27)11-13-4-2-3-5-17(13)23;1-6(12)7-3-4-8(10)9(5-7)11-2;1-2/h2-7,9-10H,8,11-12H2,1H3;3-5,11H,1-2H3;1-2H3. The zero-order valence-corrected chi connectivity index (χ0v) is 24.6. The van der Waals surface area contributed by atoms with E-state index in [1.807, 2.05) is 13.8 Å². The van der Waals surface area contributed by atoms with Crippen molar-refractivity contribution in [3.8, 4) is 17.0 Å². The van der Waals surface area contributed by atoms with Gasteiger partial charge in [-0.05, 0) is 49.4 Å². The molecule has 0 saturated heterocycles. The van der Waals surface area contributed by atoms with E-state index in [0.717, 1.165) is 0 Å². The number of nitrogens with one attached hydrogen (secondary N) is 1. The Hall–Kier alpha value is -4.93. The van der Waals surface area contributed by atoms with Crippen LogP contribution in [0.1, 0.15) is 52.7 Å². The van der Waals surface area contributed by atoms with Crippen LogP contribution in [0.15, 0.2) is 60.7 Å². The van der Waals surface area contributed by atoms with Gasteiger partial charge in [0.05, 0.1) is 17.9 Å². The summed E-state index contributed by atoms with van der Waals surface area (Å²) < 4.78 is 47.8. The summed E-state index contributed by atoms with van der Waals surface area (Å²) in [6.07, 6.45) is 0.579. The number of aromatic nitrogens is 2. The molecule has 0 unspecified atom stereocenters. The molecule has 11 heteroatoms. The fourth-order valence-electron chi connectivity index (χ4n) is 4.40. The molecular formula is C32H33F3N4O4. The molecule has 0 bridgehead atoms. The van der Waals surface area contributed by atoms with Gasteiger partial charge < -0.3 is 19.7 Å². The van der Waals surface area contributed by atoms with E-state index in [-0.39, 0.29) is 42.6 Å². The maximum atomic E-state index is 14.0. The topological polar surface area (TPSA) is 93.5 Å². The molecule has 0 aliphatic carbocycles. The number of nitrogens with zero attached hydrogens (tertiary/aromatic N) is 3. The summed E-state index contributed by atoms with van der Waals surface area (Å²) in [5.41, 5.74) is 2.82. The van der Waals surface area contributed by atoms with Crippen LogP contribution < -0.4 is 10.1 Å². The number of amides is 1. The Morgan fingerprint density at radius 3 is 2.42 bits per heavy atom. The van der Waals surface area contributed by atoms with Gasteiger partial charge in [0, 0.05) is 42.9 Å². The molecule has 226 valence electrons. The fraction of sp³-hybridized carbons (Fsp3) is 0.250. The molecule has 0 spiro atoms. The van der Waals surface area contributed by atoms with Crippen LogP contribution >= 0.6 is 0 Å².